The average molecular weight is 578 g/mol. The number of rotatable bonds is 0. The van der Waals surface area contributed by atoms with Gasteiger partial charge in [-0.1, -0.05) is 54.6 Å². The van der Waals surface area contributed by atoms with Crippen molar-refractivity contribution in [1.82, 2.24) is 39.9 Å². The monoisotopic (exact) mass is 577 g/mol. The predicted molar refractivity (Wildman–Crippen MR) is 165 cm³/mol. The summed E-state index contributed by atoms with van der Waals surface area (Å²) in [7, 11) is 0. The van der Waals surface area contributed by atoms with Crippen molar-refractivity contribution in [2.24, 2.45) is 0 Å². The SMILES string of the molecule is c1ccc2c(c1)N1c3ccccc3C3(c4cccc(c41)C21c2nccnc2-c2nccnc21)c1nccnc1-c1nccnc13. The minimum Gasteiger partial charge on any atom is -0.309 e. The molecular weight excluding hydrogens is 558 g/mol. The summed E-state index contributed by atoms with van der Waals surface area (Å²) in [5.41, 5.74) is 12.0. The molecular formula is C36H19N9. The van der Waals surface area contributed by atoms with Crippen molar-refractivity contribution in [3.05, 3.63) is 161 Å². The van der Waals surface area contributed by atoms with E-state index < -0.39 is 10.8 Å². The summed E-state index contributed by atoms with van der Waals surface area (Å²) in [4.78, 5) is 41.9. The van der Waals surface area contributed by atoms with Crippen molar-refractivity contribution in [1.29, 1.82) is 0 Å². The van der Waals surface area contributed by atoms with Crippen molar-refractivity contribution >= 4 is 17.1 Å². The number of benzene rings is 3. The van der Waals surface area contributed by atoms with Crippen molar-refractivity contribution in [3.63, 3.8) is 0 Å². The normalized spacial score (nSPS) is 15.9. The van der Waals surface area contributed by atoms with Crippen LogP contribution >= 0.6 is 0 Å². The molecule has 0 bridgehead atoms. The lowest BCUT2D eigenvalue weighted by Gasteiger charge is -2.50. The summed E-state index contributed by atoms with van der Waals surface area (Å²) >= 11 is 0. The Kier molecular flexibility index (Phi) is 4.05. The van der Waals surface area contributed by atoms with E-state index in [0.29, 0.717) is 0 Å². The molecule has 11 rings (SSSR count). The van der Waals surface area contributed by atoms with Crippen LogP contribution in [0.25, 0.3) is 22.8 Å². The van der Waals surface area contributed by atoms with Crippen LogP contribution in [0.3, 0.4) is 0 Å². The maximum absolute atomic E-state index is 5.05. The summed E-state index contributed by atoms with van der Waals surface area (Å²) in [5.74, 6) is 0. The van der Waals surface area contributed by atoms with Gasteiger partial charge in [0.2, 0.25) is 0 Å². The molecule has 0 radical (unpaired) electrons. The fraction of sp³-hybridized carbons (Fsp3) is 0.0556. The zero-order valence-electron chi connectivity index (χ0n) is 23.5. The molecule has 0 atom stereocenters. The summed E-state index contributed by atoms with van der Waals surface area (Å²) in [5, 5.41) is 0. The van der Waals surface area contributed by atoms with Gasteiger partial charge in [0.1, 0.15) is 33.6 Å². The third-order valence-corrected chi connectivity index (χ3v) is 9.83. The molecule has 208 valence electrons. The third-order valence-electron chi connectivity index (χ3n) is 9.83. The molecule has 9 nitrogen and oxygen atoms in total. The van der Waals surface area contributed by atoms with Crippen LogP contribution in [0.4, 0.5) is 17.1 Å². The number of hydrogen-bond acceptors (Lipinski definition) is 9. The zero-order valence-corrected chi connectivity index (χ0v) is 23.5. The minimum absolute atomic E-state index is 0.751. The number of para-hydroxylation sites is 3. The second-order valence-corrected chi connectivity index (χ2v) is 11.6. The number of hydrogen-bond donors (Lipinski definition) is 0. The van der Waals surface area contributed by atoms with E-state index in [1.54, 1.807) is 49.6 Å². The van der Waals surface area contributed by atoms with Gasteiger partial charge < -0.3 is 4.90 Å². The Morgan fingerprint density at radius 2 is 0.689 bits per heavy atom. The molecule has 4 aromatic heterocycles. The van der Waals surface area contributed by atoms with Crippen LogP contribution in [-0.4, -0.2) is 39.9 Å². The second-order valence-electron chi connectivity index (χ2n) is 11.6. The topological polar surface area (TPSA) is 106 Å². The molecule has 0 N–H and O–H groups in total. The average Bonchev–Trinajstić information content (AvgIpc) is 3.57. The smallest absolute Gasteiger partial charge is 0.114 e. The van der Waals surface area contributed by atoms with Crippen LogP contribution < -0.4 is 4.90 Å². The van der Waals surface area contributed by atoms with E-state index in [1.807, 2.05) is 0 Å². The van der Waals surface area contributed by atoms with Crippen LogP contribution in [0.15, 0.2) is 116 Å². The van der Waals surface area contributed by atoms with E-state index in [4.69, 9.17) is 39.9 Å². The largest absolute Gasteiger partial charge is 0.309 e. The second kappa shape index (κ2) is 7.83. The Morgan fingerprint density at radius 1 is 0.356 bits per heavy atom. The predicted octanol–water partition coefficient (Wildman–Crippen LogP) is 5.67. The molecule has 0 amide bonds. The minimum atomic E-state index is -0.853. The highest BCUT2D eigenvalue weighted by Gasteiger charge is 2.61. The lowest BCUT2D eigenvalue weighted by atomic mass is 9.62. The number of nitrogens with zero attached hydrogens (tertiary/aromatic N) is 9. The molecule has 0 saturated carbocycles. The lowest BCUT2D eigenvalue weighted by Crippen LogP contribution is -2.43. The third kappa shape index (κ3) is 2.41. The van der Waals surface area contributed by atoms with E-state index in [-0.39, 0.29) is 0 Å². The highest BCUT2D eigenvalue weighted by atomic mass is 15.2. The summed E-state index contributed by atoms with van der Waals surface area (Å²) in [6.45, 7) is 0. The fourth-order valence-corrected chi connectivity index (χ4v) is 8.41. The van der Waals surface area contributed by atoms with Gasteiger partial charge in [-0.2, -0.15) is 0 Å². The van der Waals surface area contributed by atoms with Gasteiger partial charge in [-0.3, -0.25) is 39.9 Å². The van der Waals surface area contributed by atoms with Crippen LogP contribution in [0.2, 0.25) is 0 Å². The summed E-state index contributed by atoms with van der Waals surface area (Å²) in [6, 6.07) is 23.7. The fourth-order valence-electron chi connectivity index (χ4n) is 8.41. The molecule has 0 saturated heterocycles. The van der Waals surface area contributed by atoms with Gasteiger partial charge >= 0.3 is 0 Å². The highest BCUT2D eigenvalue weighted by Crippen LogP contribution is 2.68. The molecule has 7 aromatic rings. The number of fused-ring (bicyclic) bond motifs is 18. The summed E-state index contributed by atoms with van der Waals surface area (Å²) < 4.78 is 0. The van der Waals surface area contributed by atoms with Crippen molar-refractivity contribution in [2.45, 2.75) is 10.8 Å². The lowest BCUT2D eigenvalue weighted by molar-refractivity contribution is 0.660. The van der Waals surface area contributed by atoms with Crippen molar-refractivity contribution < 1.29 is 0 Å². The Hall–Kier alpha value is -6.22. The molecule has 6 heterocycles. The Labute approximate surface area is 256 Å². The van der Waals surface area contributed by atoms with Crippen LogP contribution in [0.1, 0.15) is 45.0 Å². The first-order valence-corrected chi connectivity index (χ1v) is 14.8. The molecule has 2 aliphatic heterocycles. The first-order chi connectivity index (χ1) is 22.4. The standard InChI is InChI=1S/C36H19N9/c1-3-10-24-20(6-1)35(31-26(37-12-16-41-31)27-32(35)42-17-13-38-27)22-8-5-9-23-30(22)45(24)25-11-4-2-7-21(25)36(23)33-28(39-14-18-43-33)29-34(36)44-19-15-40-29/h1-19H. The first-order valence-electron chi connectivity index (χ1n) is 14.8. The molecule has 0 unspecified atom stereocenters. The number of anilines is 3. The van der Waals surface area contributed by atoms with Gasteiger partial charge in [-0.25, -0.2) is 0 Å². The molecule has 2 spiro atoms. The van der Waals surface area contributed by atoms with Gasteiger partial charge in [0, 0.05) is 49.6 Å². The quantitative estimate of drug-likeness (QED) is 0.225. The Balaban J connectivity index is 1.38. The maximum Gasteiger partial charge on any atom is 0.114 e. The van der Waals surface area contributed by atoms with Gasteiger partial charge in [0.25, 0.3) is 0 Å². The molecule has 4 aliphatic rings. The van der Waals surface area contributed by atoms with Crippen LogP contribution in [0, 0.1) is 0 Å². The molecule has 3 aromatic carbocycles. The molecule has 45 heavy (non-hydrogen) atoms. The van der Waals surface area contributed by atoms with Gasteiger partial charge in [0.05, 0.1) is 39.8 Å². The van der Waals surface area contributed by atoms with Crippen LogP contribution in [-0.2, 0) is 10.8 Å². The van der Waals surface area contributed by atoms with Gasteiger partial charge in [0.15, 0.2) is 0 Å². The molecule has 0 fully saturated rings. The zero-order chi connectivity index (χ0) is 29.3. The van der Waals surface area contributed by atoms with Crippen LogP contribution in [0.5, 0.6) is 0 Å². The van der Waals surface area contributed by atoms with Crippen molar-refractivity contribution in [2.75, 3.05) is 4.90 Å². The Morgan fingerprint density at radius 3 is 1.09 bits per heavy atom. The van der Waals surface area contributed by atoms with Crippen molar-refractivity contribution in [3.8, 4) is 22.8 Å². The van der Waals surface area contributed by atoms with E-state index >= 15 is 0 Å². The van der Waals surface area contributed by atoms with Gasteiger partial charge in [-0.05, 0) is 34.4 Å². The van der Waals surface area contributed by atoms with E-state index in [9.17, 15) is 0 Å². The molecule has 9 heteroatoms. The van der Waals surface area contributed by atoms with E-state index in [0.717, 1.165) is 84.9 Å². The molecule has 2 aliphatic carbocycles. The van der Waals surface area contributed by atoms with E-state index in [1.165, 1.54) is 0 Å². The Bertz CT molecular complexity index is 2180. The van der Waals surface area contributed by atoms with Gasteiger partial charge in [-0.15, -0.1) is 0 Å². The number of aromatic nitrogens is 8. The van der Waals surface area contributed by atoms with E-state index in [2.05, 4.69) is 71.6 Å². The maximum atomic E-state index is 5.05. The first kappa shape index (κ1) is 23.3. The summed E-state index contributed by atoms with van der Waals surface area (Å²) in [6.07, 6.45) is 14.0. The highest BCUT2D eigenvalue weighted by molar-refractivity contribution is 6.00.